The summed E-state index contributed by atoms with van der Waals surface area (Å²) in [6.45, 7) is 2.89. The quantitative estimate of drug-likeness (QED) is 0.287. The zero-order chi connectivity index (χ0) is 17.3. The number of unbranched alkanes of at least 4 members (excludes halogenated alkanes) is 11. The third kappa shape index (κ3) is 12.0. The molecule has 1 aliphatic heterocycles. The van der Waals surface area contributed by atoms with Gasteiger partial charge in [-0.25, -0.2) is 0 Å². The van der Waals surface area contributed by atoms with Gasteiger partial charge in [0.15, 0.2) is 6.29 Å². The van der Waals surface area contributed by atoms with E-state index in [1.165, 1.54) is 77.0 Å². The molecule has 3 nitrogen and oxygen atoms in total. The Kier molecular flexibility index (Phi) is 14.5. The second kappa shape index (κ2) is 16.1. The lowest BCUT2D eigenvalue weighted by atomic mass is 10.1. The van der Waals surface area contributed by atoms with E-state index in [-0.39, 0.29) is 19.0 Å². The highest BCUT2D eigenvalue weighted by molar-refractivity contribution is 4.81. The van der Waals surface area contributed by atoms with Crippen molar-refractivity contribution in [3.05, 3.63) is 12.2 Å². The average Bonchev–Trinajstić information content (AvgIpc) is 3.06. The minimum absolute atomic E-state index is 0.0723. The average molecular weight is 341 g/mol. The van der Waals surface area contributed by atoms with E-state index in [1.807, 2.05) is 0 Å². The number of ether oxygens (including phenoxy) is 2. The molecule has 2 atom stereocenters. The standard InChI is InChI=1S/C21H40O3/c1-2-3-4-5-6-7-8-9-10-11-12-13-14-15-16-17-21-23-19-20(18-22)24-21/h9-10,20-22H,2-8,11-19H2,1H3/b10-9+/t20-,21+/m0/s1. The van der Waals surface area contributed by atoms with Crippen LogP contribution >= 0.6 is 0 Å². The van der Waals surface area contributed by atoms with Crippen LogP contribution in [0.25, 0.3) is 0 Å². The van der Waals surface area contributed by atoms with Crippen LogP contribution in [0.4, 0.5) is 0 Å². The highest BCUT2D eigenvalue weighted by atomic mass is 16.7. The predicted molar refractivity (Wildman–Crippen MR) is 101 cm³/mol. The molecule has 3 heteroatoms. The SMILES string of the molecule is CCCCCCCC/C=C/CCCCCCC[C@@H]1OC[C@H](CO)O1. The normalized spacial score (nSPS) is 21.1. The topological polar surface area (TPSA) is 38.7 Å². The predicted octanol–water partition coefficient (Wildman–Crippen LogP) is 5.76. The Hall–Kier alpha value is -0.380. The molecule has 1 saturated heterocycles. The van der Waals surface area contributed by atoms with Gasteiger partial charge in [-0.2, -0.15) is 0 Å². The van der Waals surface area contributed by atoms with Gasteiger partial charge in [0.2, 0.25) is 0 Å². The Bertz CT molecular complexity index is 291. The van der Waals surface area contributed by atoms with Crippen molar-refractivity contribution in [3.8, 4) is 0 Å². The lowest BCUT2D eigenvalue weighted by Crippen LogP contribution is -2.16. The smallest absolute Gasteiger partial charge is 0.158 e. The van der Waals surface area contributed by atoms with Crippen LogP contribution in [-0.4, -0.2) is 30.7 Å². The Balaban J connectivity index is 1.75. The Labute approximate surface area is 149 Å². The molecule has 0 bridgehead atoms. The van der Waals surface area contributed by atoms with Crippen LogP contribution in [0.1, 0.15) is 96.8 Å². The summed E-state index contributed by atoms with van der Waals surface area (Å²) in [4.78, 5) is 0. The van der Waals surface area contributed by atoms with Crippen LogP contribution in [0.3, 0.4) is 0 Å². The lowest BCUT2D eigenvalue weighted by molar-refractivity contribution is -0.0701. The zero-order valence-electron chi connectivity index (χ0n) is 15.9. The fourth-order valence-electron chi connectivity index (χ4n) is 3.14. The van der Waals surface area contributed by atoms with Gasteiger partial charge < -0.3 is 14.6 Å². The van der Waals surface area contributed by atoms with E-state index in [2.05, 4.69) is 19.1 Å². The van der Waals surface area contributed by atoms with Gasteiger partial charge in [0.25, 0.3) is 0 Å². The molecule has 0 radical (unpaired) electrons. The monoisotopic (exact) mass is 340 g/mol. The molecule has 0 aromatic carbocycles. The minimum Gasteiger partial charge on any atom is -0.394 e. The molecule has 0 aromatic rings. The van der Waals surface area contributed by atoms with Crippen LogP contribution in [0, 0.1) is 0 Å². The molecule has 0 spiro atoms. The Morgan fingerprint density at radius 2 is 1.42 bits per heavy atom. The third-order valence-electron chi connectivity index (χ3n) is 4.72. The van der Waals surface area contributed by atoms with Crippen molar-refractivity contribution >= 4 is 0 Å². The fourth-order valence-corrected chi connectivity index (χ4v) is 3.14. The number of aliphatic hydroxyl groups excluding tert-OH is 1. The van der Waals surface area contributed by atoms with Gasteiger partial charge >= 0.3 is 0 Å². The first-order valence-corrected chi connectivity index (χ1v) is 10.4. The van der Waals surface area contributed by atoms with Gasteiger partial charge in [0.05, 0.1) is 13.2 Å². The van der Waals surface area contributed by atoms with E-state index in [0.717, 1.165) is 12.8 Å². The van der Waals surface area contributed by atoms with E-state index < -0.39 is 0 Å². The van der Waals surface area contributed by atoms with Gasteiger partial charge in [-0.1, -0.05) is 70.4 Å². The van der Waals surface area contributed by atoms with E-state index >= 15 is 0 Å². The van der Waals surface area contributed by atoms with Crippen LogP contribution in [0.15, 0.2) is 12.2 Å². The number of hydrogen-bond donors (Lipinski definition) is 1. The van der Waals surface area contributed by atoms with Crippen molar-refractivity contribution in [1.82, 2.24) is 0 Å². The fraction of sp³-hybridized carbons (Fsp3) is 0.905. The number of aliphatic hydroxyl groups is 1. The first-order chi connectivity index (χ1) is 11.9. The van der Waals surface area contributed by atoms with Gasteiger partial charge in [-0.3, -0.25) is 0 Å². The second-order valence-electron chi connectivity index (χ2n) is 7.08. The summed E-state index contributed by atoms with van der Waals surface area (Å²) < 4.78 is 11.0. The summed E-state index contributed by atoms with van der Waals surface area (Å²) in [6, 6.07) is 0. The third-order valence-corrected chi connectivity index (χ3v) is 4.72. The van der Waals surface area contributed by atoms with Gasteiger partial charge in [-0.05, 0) is 38.5 Å². The Morgan fingerprint density at radius 3 is 2.00 bits per heavy atom. The maximum absolute atomic E-state index is 8.98. The van der Waals surface area contributed by atoms with E-state index in [1.54, 1.807) is 0 Å². The van der Waals surface area contributed by atoms with E-state index in [9.17, 15) is 0 Å². The Morgan fingerprint density at radius 1 is 0.833 bits per heavy atom. The van der Waals surface area contributed by atoms with Gasteiger partial charge in [0, 0.05) is 0 Å². The molecule has 1 rings (SSSR count). The van der Waals surface area contributed by atoms with Crippen LogP contribution in [-0.2, 0) is 9.47 Å². The molecule has 1 heterocycles. The summed E-state index contributed by atoms with van der Waals surface area (Å²) in [7, 11) is 0. The van der Waals surface area contributed by atoms with Crippen molar-refractivity contribution < 1.29 is 14.6 Å². The zero-order valence-corrected chi connectivity index (χ0v) is 15.9. The van der Waals surface area contributed by atoms with Crippen molar-refractivity contribution in [3.63, 3.8) is 0 Å². The second-order valence-corrected chi connectivity index (χ2v) is 7.08. The molecule has 1 aliphatic rings. The van der Waals surface area contributed by atoms with Crippen molar-refractivity contribution in [2.45, 2.75) is 109 Å². The van der Waals surface area contributed by atoms with Crippen molar-refractivity contribution in [2.75, 3.05) is 13.2 Å². The summed E-state index contributed by atoms with van der Waals surface area (Å²) in [5.74, 6) is 0. The van der Waals surface area contributed by atoms with Gasteiger partial charge in [-0.15, -0.1) is 0 Å². The number of rotatable bonds is 16. The van der Waals surface area contributed by atoms with Crippen LogP contribution in [0.5, 0.6) is 0 Å². The summed E-state index contributed by atoms with van der Waals surface area (Å²) in [6.07, 6.45) is 22.8. The summed E-state index contributed by atoms with van der Waals surface area (Å²) >= 11 is 0. The molecular weight excluding hydrogens is 300 g/mol. The van der Waals surface area contributed by atoms with Crippen LogP contribution < -0.4 is 0 Å². The van der Waals surface area contributed by atoms with Crippen LogP contribution in [0.2, 0.25) is 0 Å². The molecule has 0 amide bonds. The maximum Gasteiger partial charge on any atom is 0.158 e. The molecule has 142 valence electrons. The molecule has 0 aliphatic carbocycles. The molecular formula is C21H40O3. The maximum atomic E-state index is 8.98. The molecule has 1 N–H and O–H groups in total. The number of allylic oxidation sites excluding steroid dienone is 2. The minimum atomic E-state index is -0.0990. The van der Waals surface area contributed by atoms with E-state index in [0.29, 0.717) is 6.61 Å². The first-order valence-electron chi connectivity index (χ1n) is 10.4. The number of hydrogen-bond acceptors (Lipinski definition) is 3. The summed E-state index contributed by atoms with van der Waals surface area (Å²) in [5, 5.41) is 8.98. The molecule has 0 aromatic heterocycles. The molecule has 1 fully saturated rings. The molecule has 0 saturated carbocycles. The largest absolute Gasteiger partial charge is 0.394 e. The first kappa shape index (κ1) is 21.7. The summed E-state index contributed by atoms with van der Waals surface area (Å²) in [5.41, 5.74) is 0. The van der Waals surface area contributed by atoms with Gasteiger partial charge in [0.1, 0.15) is 6.10 Å². The highest BCUT2D eigenvalue weighted by Gasteiger charge is 2.24. The highest BCUT2D eigenvalue weighted by Crippen LogP contribution is 2.18. The lowest BCUT2D eigenvalue weighted by Gasteiger charge is -2.09. The van der Waals surface area contributed by atoms with E-state index in [4.69, 9.17) is 14.6 Å². The molecule has 24 heavy (non-hydrogen) atoms. The van der Waals surface area contributed by atoms with Crippen molar-refractivity contribution in [1.29, 1.82) is 0 Å². The molecule has 0 unspecified atom stereocenters. The van der Waals surface area contributed by atoms with Crippen molar-refractivity contribution in [2.24, 2.45) is 0 Å².